The predicted molar refractivity (Wildman–Crippen MR) is 110 cm³/mol. The van der Waals surface area contributed by atoms with E-state index in [4.69, 9.17) is 27.9 Å². The number of carbonyl (C=O) groups is 3. The summed E-state index contributed by atoms with van der Waals surface area (Å²) in [6, 6.07) is 13.4. The first kappa shape index (κ1) is 21.0. The first-order valence-electron chi connectivity index (χ1n) is 8.79. The second kappa shape index (κ2) is 9.15. The molecule has 0 aromatic heterocycles. The highest BCUT2D eigenvalue weighted by Crippen LogP contribution is 2.22. The van der Waals surface area contributed by atoms with Crippen LogP contribution >= 0.6 is 23.2 Å². The number of likely N-dealkylation sites (N-methyl/N-ethyl adjacent to an activating group) is 1. The van der Waals surface area contributed by atoms with Crippen LogP contribution < -0.4 is 9.64 Å². The summed E-state index contributed by atoms with van der Waals surface area (Å²) in [4.78, 5) is 41.2. The lowest BCUT2D eigenvalue weighted by atomic mass is 10.3. The number of hydrogen-bond donors (Lipinski definition) is 0. The SMILES string of the molecule is CN(CC(=O)N1CC(=O)N(c2ccc(Cl)cc2)C1)C(=O)COc1ccc(Cl)cc1. The molecule has 0 N–H and O–H groups in total. The second-order valence-electron chi connectivity index (χ2n) is 6.52. The number of anilines is 1. The van der Waals surface area contributed by atoms with Crippen molar-refractivity contribution >= 4 is 46.6 Å². The molecule has 0 unspecified atom stereocenters. The molecule has 3 rings (SSSR count). The molecule has 0 bridgehead atoms. The lowest BCUT2D eigenvalue weighted by Gasteiger charge is -2.22. The maximum Gasteiger partial charge on any atom is 0.260 e. The van der Waals surface area contributed by atoms with Crippen LogP contribution in [-0.2, 0) is 14.4 Å². The fraction of sp³-hybridized carbons (Fsp3) is 0.250. The highest BCUT2D eigenvalue weighted by atomic mass is 35.5. The predicted octanol–water partition coefficient (Wildman–Crippen LogP) is 2.66. The van der Waals surface area contributed by atoms with Crippen LogP contribution in [0.4, 0.5) is 5.69 Å². The molecule has 3 amide bonds. The van der Waals surface area contributed by atoms with Crippen molar-refractivity contribution in [1.82, 2.24) is 9.80 Å². The Kier molecular flexibility index (Phi) is 6.61. The molecule has 1 saturated heterocycles. The minimum atomic E-state index is -0.353. The van der Waals surface area contributed by atoms with E-state index in [9.17, 15) is 14.4 Å². The van der Waals surface area contributed by atoms with Gasteiger partial charge in [0.1, 0.15) is 19.0 Å². The molecule has 1 aliphatic heterocycles. The third kappa shape index (κ3) is 5.40. The number of amides is 3. The van der Waals surface area contributed by atoms with E-state index in [1.807, 2.05) is 0 Å². The number of ether oxygens (including phenoxy) is 1. The van der Waals surface area contributed by atoms with Crippen LogP contribution in [0.3, 0.4) is 0 Å². The Morgan fingerprint density at radius 1 is 1.03 bits per heavy atom. The smallest absolute Gasteiger partial charge is 0.260 e. The van der Waals surface area contributed by atoms with Gasteiger partial charge in [0, 0.05) is 22.8 Å². The molecule has 1 fully saturated rings. The molecule has 0 spiro atoms. The molecule has 0 aliphatic carbocycles. The minimum Gasteiger partial charge on any atom is -0.484 e. The van der Waals surface area contributed by atoms with Crippen LogP contribution in [0.2, 0.25) is 10.0 Å². The Bertz CT molecular complexity index is 903. The van der Waals surface area contributed by atoms with Gasteiger partial charge in [-0.25, -0.2) is 0 Å². The molecule has 29 heavy (non-hydrogen) atoms. The molecule has 152 valence electrons. The van der Waals surface area contributed by atoms with Gasteiger partial charge in [-0.05, 0) is 48.5 Å². The van der Waals surface area contributed by atoms with Gasteiger partial charge in [-0.15, -0.1) is 0 Å². The number of rotatable bonds is 6. The third-order valence-electron chi connectivity index (χ3n) is 4.40. The summed E-state index contributed by atoms with van der Waals surface area (Å²) in [6.07, 6.45) is 0. The van der Waals surface area contributed by atoms with E-state index in [0.29, 0.717) is 21.5 Å². The molecule has 0 atom stereocenters. The zero-order valence-corrected chi connectivity index (χ0v) is 17.2. The monoisotopic (exact) mass is 435 g/mol. The largest absolute Gasteiger partial charge is 0.484 e. The van der Waals surface area contributed by atoms with Crippen LogP contribution in [0.25, 0.3) is 0 Å². The summed E-state index contributed by atoms with van der Waals surface area (Å²) in [5, 5.41) is 1.13. The van der Waals surface area contributed by atoms with E-state index in [2.05, 4.69) is 0 Å². The van der Waals surface area contributed by atoms with Gasteiger partial charge in [0.05, 0.1) is 6.54 Å². The second-order valence-corrected chi connectivity index (χ2v) is 7.40. The summed E-state index contributed by atoms with van der Waals surface area (Å²) in [5.41, 5.74) is 0.662. The molecule has 1 aliphatic rings. The number of halogens is 2. The van der Waals surface area contributed by atoms with Gasteiger partial charge >= 0.3 is 0 Å². The van der Waals surface area contributed by atoms with Crippen molar-refractivity contribution in [1.29, 1.82) is 0 Å². The fourth-order valence-electron chi connectivity index (χ4n) is 2.74. The van der Waals surface area contributed by atoms with E-state index >= 15 is 0 Å². The molecule has 2 aromatic carbocycles. The standard InChI is InChI=1S/C20H19Cl2N3O4/c1-23(20(28)12-29-17-8-4-15(22)5-9-17)10-18(26)24-11-19(27)25(13-24)16-6-2-14(21)3-7-16/h2-9H,10-13H2,1H3. The number of benzene rings is 2. The van der Waals surface area contributed by atoms with Crippen molar-refractivity contribution in [2.45, 2.75) is 0 Å². The van der Waals surface area contributed by atoms with Crippen LogP contribution in [0.5, 0.6) is 5.75 Å². The van der Waals surface area contributed by atoms with Crippen molar-refractivity contribution in [3.05, 3.63) is 58.6 Å². The van der Waals surface area contributed by atoms with Gasteiger partial charge in [0.2, 0.25) is 11.8 Å². The molecule has 7 nitrogen and oxygen atoms in total. The Morgan fingerprint density at radius 3 is 2.24 bits per heavy atom. The zero-order valence-electron chi connectivity index (χ0n) is 15.7. The third-order valence-corrected chi connectivity index (χ3v) is 4.91. The van der Waals surface area contributed by atoms with Crippen molar-refractivity contribution in [2.24, 2.45) is 0 Å². The fourth-order valence-corrected chi connectivity index (χ4v) is 2.99. The van der Waals surface area contributed by atoms with Crippen LogP contribution in [0.1, 0.15) is 0 Å². The molecular weight excluding hydrogens is 417 g/mol. The highest BCUT2D eigenvalue weighted by Gasteiger charge is 2.32. The van der Waals surface area contributed by atoms with Crippen LogP contribution in [-0.4, -0.2) is 60.9 Å². The molecule has 9 heteroatoms. The number of carbonyl (C=O) groups excluding carboxylic acids is 3. The first-order valence-corrected chi connectivity index (χ1v) is 9.55. The van der Waals surface area contributed by atoms with E-state index in [0.717, 1.165) is 0 Å². The van der Waals surface area contributed by atoms with Gasteiger partial charge in [-0.2, -0.15) is 0 Å². The lowest BCUT2D eigenvalue weighted by Crippen LogP contribution is -2.42. The molecular formula is C20H19Cl2N3O4. The average molecular weight is 436 g/mol. The van der Waals surface area contributed by atoms with Gasteiger partial charge in [-0.1, -0.05) is 23.2 Å². The Labute approximate surface area is 178 Å². The Hall–Kier alpha value is -2.77. The normalized spacial score (nSPS) is 13.6. The lowest BCUT2D eigenvalue weighted by molar-refractivity contribution is -0.140. The minimum absolute atomic E-state index is 0.0369. The number of hydrogen-bond acceptors (Lipinski definition) is 4. The summed E-state index contributed by atoms with van der Waals surface area (Å²) >= 11 is 11.7. The zero-order chi connectivity index (χ0) is 21.0. The van der Waals surface area contributed by atoms with Crippen molar-refractivity contribution in [3.8, 4) is 5.75 Å². The van der Waals surface area contributed by atoms with E-state index in [1.165, 1.54) is 21.7 Å². The molecule has 0 radical (unpaired) electrons. The van der Waals surface area contributed by atoms with Crippen LogP contribution in [0.15, 0.2) is 48.5 Å². The highest BCUT2D eigenvalue weighted by molar-refractivity contribution is 6.30. The van der Waals surface area contributed by atoms with E-state index < -0.39 is 0 Å². The van der Waals surface area contributed by atoms with Crippen molar-refractivity contribution in [2.75, 3.05) is 38.3 Å². The summed E-state index contributed by atoms with van der Waals surface area (Å²) in [6.45, 7) is -0.265. The maximum absolute atomic E-state index is 12.5. The molecule has 2 aromatic rings. The van der Waals surface area contributed by atoms with Gasteiger partial charge in [0.15, 0.2) is 6.61 Å². The Morgan fingerprint density at radius 2 is 1.62 bits per heavy atom. The maximum atomic E-state index is 12.5. The van der Waals surface area contributed by atoms with Crippen molar-refractivity contribution < 1.29 is 19.1 Å². The topological polar surface area (TPSA) is 70.2 Å². The Balaban J connectivity index is 1.51. The van der Waals surface area contributed by atoms with Gasteiger partial charge in [-0.3, -0.25) is 19.3 Å². The first-order chi connectivity index (χ1) is 13.8. The van der Waals surface area contributed by atoms with E-state index in [-0.39, 0.29) is 44.1 Å². The summed E-state index contributed by atoms with van der Waals surface area (Å²) in [7, 11) is 1.51. The average Bonchev–Trinajstić information content (AvgIpc) is 3.09. The van der Waals surface area contributed by atoms with Gasteiger partial charge < -0.3 is 14.5 Å². The molecule has 1 heterocycles. The van der Waals surface area contributed by atoms with Crippen LogP contribution in [0, 0.1) is 0 Å². The van der Waals surface area contributed by atoms with Gasteiger partial charge in [0.25, 0.3) is 5.91 Å². The summed E-state index contributed by atoms with van der Waals surface area (Å²) < 4.78 is 5.40. The quantitative estimate of drug-likeness (QED) is 0.699. The molecule has 0 saturated carbocycles. The van der Waals surface area contributed by atoms with Crippen molar-refractivity contribution in [3.63, 3.8) is 0 Å². The number of nitrogens with zero attached hydrogens (tertiary/aromatic N) is 3. The van der Waals surface area contributed by atoms with E-state index in [1.54, 1.807) is 48.5 Å². The summed E-state index contributed by atoms with van der Waals surface area (Å²) in [5.74, 6) is -0.363.